The average Bonchev–Trinajstić information content (AvgIpc) is 2.84. The largest absolute Gasteiger partial charge is 0.372 e. The molecule has 0 saturated carbocycles. The molecule has 1 N–H and O–H groups in total. The molecule has 0 aliphatic carbocycles. The zero-order valence-electron chi connectivity index (χ0n) is 9.58. The zero-order valence-corrected chi connectivity index (χ0v) is 9.58. The number of hydrogen-bond acceptors (Lipinski definition) is 2. The van der Waals surface area contributed by atoms with Gasteiger partial charge in [0.2, 0.25) is 0 Å². The Kier molecular flexibility index (Phi) is 3.85. The molecular formula is C14H18N2. The lowest BCUT2D eigenvalue weighted by Crippen LogP contribution is -2.17. The first-order chi connectivity index (χ1) is 7.90. The molecule has 0 spiro atoms. The van der Waals surface area contributed by atoms with E-state index in [1.807, 2.05) is 0 Å². The average molecular weight is 214 g/mol. The smallest absolute Gasteiger partial charge is 0.0576 e. The van der Waals surface area contributed by atoms with E-state index in [-0.39, 0.29) is 0 Å². The number of nitrogens with zero attached hydrogens (tertiary/aromatic N) is 1. The van der Waals surface area contributed by atoms with Crippen LogP contribution in [0.3, 0.4) is 0 Å². The molecular weight excluding hydrogens is 196 g/mol. The van der Waals surface area contributed by atoms with Gasteiger partial charge in [-0.3, -0.25) is 0 Å². The van der Waals surface area contributed by atoms with E-state index in [0.29, 0.717) is 6.54 Å². The number of hydrogen-bond donors (Lipinski definition) is 1. The summed E-state index contributed by atoms with van der Waals surface area (Å²) >= 11 is 0. The molecule has 1 saturated heterocycles. The van der Waals surface area contributed by atoms with Crippen molar-refractivity contribution in [1.82, 2.24) is 5.32 Å². The third-order valence-electron chi connectivity index (χ3n) is 2.96. The van der Waals surface area contributed by atoms with Crippen molar-refractivity contribution < 1.29 is 0 Å². The first-order valence-electron chi connectivity index (χ1n) is 5.88. The summed E-state index contributed by atoms with van der Waals surface area (Å²) in [6.45, 7) is 3.89. The molecule has 84 valence electrons. The van der Waals surface area contributed by atoms with Crippen LogP contribution in [-0.4, -0.2) is 19.6 Å². The second-order valence-electron chi connectivity index (χ2n) is 4.17. The highest BCUT2D eigenvalue weighted by Crippen LogP contribution is 2.20. The van der Waals surface area contributed by atoms with Gasteiger partial charge in [0.25, 0.3) is 0 Å². The van der Waals surface area contributed by atoms with Crippen LogP contribution in [0.1, 0.15) is 18.4 Å². The third kappa shape index (κ3) is 2.77. The molecule has 1 fully saturated rings. The van der Waals surface area contributed by atoms with Crippen LogP contribution < -0.4 is 10.2 Å². The van der Waals surface area contributed by atoms with E-state index < -0.39 is 0 Å². The van der Waals surface area contributed by atoms with Gasteiger partial charge in [0.15, 0.2) is 0 Å². The Labute approximate surface area is 97.7 Å². The monoisotopic (exact) mass is 214 g/mol. The maximum atomic E-state index is 5.18. The van der Waals surface area contributed by atoms with Crippen LogP contribution in [0.25, 0.3) is 0 Å². The summed E-state index contributed by atoms with van der Waals surface area (Å²) in [6.07, 6.45) is 7.83. The minimum atomic E-state index is 0.633. The van der Waals surface area contributed by atoms with Crippen LogP contribution in [-0.2, 0) is 6.54 Å². The van der Waals surface area contributed by atoms with Gasteiger partial charge in [-0.2, -0.15) is 0 Å². The maximum absolute atomic E-state index is 5.18. The van der Waals surface area contributed by atoms with E-state index in [2.05, 4.69) is 40.4 Å². The van der Waals surface area contributed by atoms with Crippen molar-refractivity contribution in [3.05, 3.63) is 29.8 Å². The molecule has 1 aromatic carbocycles. The predicted octanol–water partition coefficient (Wildman–Crippen LogP) is 2.01. The maximum Gasteiger partial charge on any atom is 0.0576 e. The quantitative estimate of drug-likeness (QED) is 0.609. The minimum Gasteiger partial charge on any atom is -0.372 e. The lowest BCUT2D eigenvalue weighted by atomic mass is 10.2. The van der Waals surface area contributed by atoms with Crippen LogP contribution in [0, 0.1) is 12.3 Å². The summed E-state index contributed by atoms with van der Waals surface area (Å²) in [5, 5.41) is 3.19. The van der Waals surface area contributed by atoms with Crippen molar-refractivity contribution in [2.45, 2.75) is 19.4 Å². The fraction of sp³-hybridized carbons (Fsp3) is 0.429. The van der Waals surface area contributed by atoms with Crippen LogP contribution in [0.5, 0.6) is 0 Å². The molecule has 0 atom stereocenters. The van der Waals surface area contributed by atoms with Gasteiger partial charge in [-0.1, -0.05) is 18.1 Å². The third-order valence-corrected chi connectivity index (χ3v) is 2.96. The molecule has 0 bridgehead atoms. The van der Waals surface area contributed by atoms with E-state index in [4.69, 9.17) is 6.42 Å². The molecule has 2 heteroatoms. The summed E-state index contributed by atoms with van der Waals surface area (Å²) in [4.78, 5) is 2.44. The second kappa shape index (κ2) is 5.58. The van der Waals surface area contributed by atoms with E-state index in [9.17, 15) is 0 Å². The highest BCUT2D eigenvalue weighted by molar-refractivity contribution is 5.48. The van der Waals surface area contributed by atoms with Gasteiger partial charge in [0.1, 0.15) is 0 Å². The summed E-state index contributed by atoms with van der Waals surface area (Å²) < 4.78 is 0. The van der Waals surface area contributed by atoms with Gasteiger partial charge < -0.3 is 10.2 Å². The fourth-order valence-electron chi connectivity index (χ4n) is 2.08. The lowest BCUT2D eigenvalue weighted by molar-refractivity contribution is 0.770. The molecule has 1 heterocycles. The zero-order chi connectivity index (χ0) is 11.2. The van der Waals surface area contributed by atoms with Crippen LogP contribution in [0.4, 0.5) is 5.69 Å². The number of benzene rings is 1. The van der Waals surface area contributed by atoms with Crippen molar-refractivity contribution in [3.63, 3.8) is 0 Å². The van der Waals surface area contributed by atoms with Crippen LogP contribution in [0.2, 0.25) is 0 Å². The Bertz CT molecular complexity index is 355. The molecule has 2 rings (SSSR count). The van der Waals surface area contributed by atoms with Crippen LogP contribution >= 0.6 is 0 Å². The molecule has 1 aliphatic heterocycles. The Morgan fingerprint density at radius 2 is 1.88 bits per heavy atom. The van der Waals surface area contributed by atoms with Crippen molar-refractivity contribution in [1.29, 1.82) is 0 Å². The van der Waals surface area contributed by atoms with Gasteiger partial charge in [-0.05, 0) is 30.5 Å². The van der Waals surface area contributed by atoms with Crippen molar-refractivity contribution >= 4 is 5.69 Å². The van der Waals surface area contributed by atoms with E-state index in [1.54, 1.807) is 0 Å². The number of anilines is 1. The standard InChI is InChI=1S/C14H18N2/c1-2-9-15-12-13-5-7-14(8-6-13)16-10-3-4-11-16/h1,5-8,15H,3-4,9-12H2. The van der Waals surface area contributed by atoms with E-state index in [1.165, 1.54) is 37.2 Å². The Morgan fingerprint density at radius 3 is 2.50 bits per heavy atom. The first-order valence-corrected chi connectivity index (χ1v) is 5.88. The highest BCUT2D eigenvalue weighted by atomic mass is 15.1. The number of nitrogens with one attached hydrogen (secondary N) is 1. The molecule has 1 aliphatic rings. The van der Waals surface area contributed by atoms with Crippen molar-refractivity contribution in [2.75, 3.05) is 24.5 Å². The van der Waals surface area contributed by atoms with Gasteiger partial charge in [-0.25, -0.2) is 0 Å². The number of rotatable bonds is 4. The lowest BCUT2D eigenvalue weighted by Gasteiger charge is -2.17. The molecule has 0 unspecified atom stereocenters. The summed E-state index contributed by atoms with van der Waals surface area (Å²) in [7, 11) is 0. The molecule has 1 aromatic rings. The topological polar surface area (TPSA) is 15.3 Å². The SMILES string of the molecule is C#CCNCc1ccc(N2CCCC2)cc1. The van der Waals surface area contributed by atoms with E-state index >= 15 is 0 Å². The summed E-state index contributed by atoms with van der Waals surface area (Å²) in [5.41, 5.74) is 2.64. The highest BCUT2D eigenvalue weighted by Gasteiger charge is 2.11. The fourth-order valence-corrected chi connectivity index (χ4v) is 2.08. The second-order valence-corrected chi connectivity index (χ2v) is 4.17. The molecule has 0 radical (unpaired) electrons. The normalized spacial score (nSPS) is 15.1. The summed E-state index contributed by atoms with van der Waals surface area (Å²) in [6, 6.07) is 8.77. The molecule has 16 heavy (non-hydrogen) atoms. The Balaban J connectivity index is 1.91. The number of terminal acetylenes is 1. The van der Waals surface area contributed by atoms with Gasteiger partial charge >= 0.3 is 0 Å². The van der Waals surface area contributed by atoms with Gasteiger partial charge in [0.05, 0.1) is 6.54 Å². The van der Waals surface area contributed by atoms with Gasteiger partial charge in [0, 0.05) is 25.3 Å². The van der Waals surface area contributed by atoms with Gasteiger partial charge in [-0.15, -0.1) is 6.42 Å². The molecule has 2 nitrogen and oxygen atoms in total. The Hall–Kier alpha value is -1.46. The first kappa shape index (κ1) is 11.0. The summed E-state index contributed by atoms with van der Waals surface area (Å²) in [5.74, 6) is 2.57. The Morgan fingerprint density at radius 1 is 1.19 bits per heavy atom. The van der Waals surface area contributed by atoms with E-state index in [0.717, 1.165) is 6.54 Å². The van der Waals surface area contributed by atoms with Crippen molar-refractivity contribution in [3.8, 4) is 12.3 Å². The molecule has 0 aromatic heterocycles. The molecule has 0 amide bonds. The van der Waals surface area contributed by atoms with Crippen molar-refractivity contribution in [2.24, 2.45) is 0 Å². The predicted molar refractivity (Wildman–Crippen MR) is 68.4 cm³/mol. The van der Waals surface area contributed by atoms with Crippen LogP contribution in [0.15, 0.2) is 24.3 Å². The minimum absolute atomic E-state index is 0.633.